The molecule has 7 nitrogen and oxygen atoms in total. The summed E-state index contributed by atoms with van der Waals surface area (Å²) in [5.41, 5.74) is 5.72. The summed E-state index contributed by atoms with van der Waals surface area (Å²) in [5.74, 6) is 0.294. The van der Waals surface area contributed by atoms with Crippen molar-refractivity contribution < 1.29 is 5.11 Å². The quantitative estimate of drug-likeness (QED) is 0.694. The van der Waals surface area contributed by atoms with Crippen LogP contribution < -0.4 is 5.73 Å². The van der Waals surface area contributed by atoms with Crippen molar-refractivity contribution in [3.05, 3.63) is 6.33 Å². The molecular formula is C8H12N6O. The molecule has 0 aromatic carbocycles. The van der Waals surface area contributed by atoms with Crippen LogP contribution >= 0.6 is 0 Å². The monoisotopic (exact) mass is 208 g/mol. The maximum absolute atomic E-state index is 9.65. The van der Waals surface area contributed by atoms with E-state index in [1.807, 2.05) is 0 Å². The van der Waals surface area contributed by atoms with Gasteiger partial charge in [-0.2, -0.15) is 0 Å². The maximum atomic E-state index is 9.65. The Hall–Kier alpha value is -1.76. The zero-order valence-electron chi connectivity index (χ0n) is 8.55. The highest BCUT2D eigenvalue weighted by Crippen LogP contribution is 2.14. The number of aliphatic hydroxyl groups is 1. The molecule has 0 saturated heterocycles. The molecule has 2 aromatic heterocycles. The minimum atomic E-state index is -0.875. The van der Waals surface area contributed by atoms with Gasteiger partial charge in [-0.25, -0.2) is 14.6 Å². The Labute approximate surface area is 85.9 Å². The van der Waals surface area contributed by atoms with Crippen LogP contribution in [0.4, 0.5) is 5.82 Å². The highest BCUT2D eigenvalue weighted by atomic mass is 16.3. The smallest absolute Gasteiger partial charge is 0.183 e. The lowest BCUT2D eigenvalue weighted by Gasteiger charge is -2.16. The molecule has 2 rings (SSSR count). The van der Waals surface area contributed by atoms with E-state index in [9.17, 15) is 5.11 Å². The zero-order chi connectivity index (χ0) is 11.1. The number of hydrogen-bond donors (Lipinski definition) is 2. The first-order valence-corrected chi connectivity index (χ1v) is 4.49. The SMILES string of the molecule is CC(C)(O)Cn1nnc2c(N)ncnc21. The molecule has 2 heterocycles. The van der Waals surface area contributed by atoms with Gasteiger partial charge in [-0.3, -0.25) is 0 Å². The fourth-order valence-corrected chi connectivity index (χ4v) is 1.28. The van der Waals surface area contributed by atoms with Gasteiger partial charge in [-0.15, -0.1) is 5.10 Å². The van der Waals surface area contributed by atoms with Crippen LogP contribution in [0.5, 0.6) is 0 Å². The van der Waals surface area contributed by atoms with Crippen molar-refractivity contribution in [1.82, 2.24) is 25.0 Å². The van der Waals surface area contributed by atoms with Crippen molar-refractivity contribution in [1.29, 1.82) is 0 Å². The van der Waals surface area contributed by atoms with Crippen LogP contribution in [0.2, 0.25) is 0 Å². The van der Waals surface area contributed by atoms with Crippen LogP contribution in [0, 0.1) is 0 Å². The summed E-state index contributed by atoms with van der Waals surface area (Å²) in [7, 11) is 0. The second-order valence-corrected chi connectivity index (χ2v) is 3.99. The molecule has 0 aliphatic carbocycles. The number of aromatic nitrogens is 5. The van der Waals surface area contributed by atoms with Crippen molar-refractivity contribution in [2.75, 3.05) is 5.73 Å². The first-order chi connectivity index (χ1) is 6.97. The molecule has 7 heteroatoms. The fraction of sp³-hybridized carbons (Fsp3) is 0.500. The molecule has 0 aliphatic rings. The fourth-order valence-electron chi connectivity index (χ4n) is 1.28. The molecule has 0 atom stereocenters. The molecule has 0 fully saturated rings. The average molecular weight is 208 g/mol. The number of hydrogen-bond acceptors (Lipinski definition) is 6. The summed E-state index contributed by atoms with van der Waals surface area (Å²) in [6.45, 7) is 3.68. The van der Waals surface area contributed by atoms with Crippen LogP contribution in [0.25, 0.3) is 11.2 Å². The number of anilines is 1. The standard InChI is InChI=1S/C8H12N6O/c1-8(2,15)3-14-7-5(12-13-14)6(9)10-4-11-7/h4,15H,3H2,1-2H3,(H2,9,10,11). The lowest BCUT2D eigenvalue weighted by atomic mass is 10.1. The zero-order valence-corrected chi connectivity index (χ0v) is 8.55. The van der Waals surface area contributed by atoms with Gasteiger partial charge in [0.15, 0.2) is 17.0 Å². The first-order valence-electron chi connectivity index (χ1n) is 4.49. The summed E-state index contributed by atoms with van der Waals surface area (Å²) in [5, 5.41) is 17.4. The van der Waals surface area contributed by atoms with Gasteiger partial charge >= 0.3 is 0 Å². The number of fused-ring (bicyclic) bond motifs is 1. The second-order valence-electron chi connectivity index (χ2n) is 3.99. The number of rotatable bonds is 2. The topological polar surface area (TPSA) is 103 Å². The van der Waals surface area contributed by atoms with E-state index in [4.69, 9.17) is 5.73 Å². The first kappa shape index (κ1) is 9.78. The predicted octanol–water partition coefficient (Wildman–Crippen LogP) is -0.426. The minimum Gasteiger partial charge on any atom is -0.389 e. The van der Waals surface area contributed by atoms with Gasteiger partial charge in [-0.1, -0.05) is 5.21 Å². The average Bonchev–Trinajstić information content (AvgIpc) is 2.48. The molecule has 15 heavy (non-hydrogen) atoms. The van der Waals surface area contributed by atoms with Crippen molar-refractivity contribution in [2.45, 2.75) is 26.0 Å². The van der Waals surface area contributed by atoms with E-state index in [2.05, 4.69) is 20.3 Å². The summed E-state index contributed by atoms with van der Waals surface area (Å²) in [6.07, 6.45) is 1.35. The van der Waals surface area contributed by atoms with Crippen molar-refractivity contribution in [3.63, 3.8) is 0 Å². The molecule has 2 aromatic rings. The summed E-state index contributed by atoms with van der Waals surface area (Å²) < 4.78 is 1.51. The molecule has 0 spiro atoms. The van der Waals surface area contributed by atoms with Gasteiger partial charge < -0.3 is 10.8 Å². The highest BCUT2D eigenvalue weighted by molar-refractivity contribution is 5.80. The third-order valence-corrected chi connectivity index (χ3v) is 1.87. The van der Waals surface area contributed by atoms with Crippen molar-refractivity contribution in [3.8, 4) is 0 Å². The van der Waals surface area contributed by atoms with Crippen LogP contribution in [0.3, 0.4) is 0 Å². The summed E-state index contributed by atoms with van der Waals surface area (Å²) >= 11 is 0. The maximum Gasteiger partial charge on any atom is 0.183 e. The van der Waals surface area contributed by atoms with E-state index in [-0.39, 0.29) is 0 Å². The molecule has 0 bridgehead atoms. The Morgan fingerprint density at radius 1 is 1.47 bits per heavy atom. The Balaban J connectivity index is 2.50. The largest absolute Gasteiger partial charge is 0.389 e. The van der Waals surface area contributed by atoms with Crippen molar-refractivity contribution in [2.24, 2.45) is 0 Å². The van der Waals surface area contributed by atoms with Crippen LogP contribution in [0.15, 0.2) is 6.33 Å². The van der Waals surface area contributed by atoms with Crippen molar-refractivity contribution >= 4 is 17.0 Å². The Morgan fingerprint density at radius 3 is 2.87 bits per heavy atom. The predicted molar refractivity (Wildman–Crippen MR) is 53.8 cm³/mol. The van der Waals surface area contributed by atoms with E-state index in [0.29, 0.717) is 23.5 Å². The molecular weight excluding hydrogens is 196 g/mol. The molecule has 0 radical (unpaired) electrons. The van der Waals surface area contributed by atoms with E-state index in [0.717, 1.165) is 0 Å². The molecule has 80 valence electrons. The molecule has 3 N–H and O–H groups in total. The molecule has 0 amide bonds. The van der Waals surface area contributed by atoms with E-state index in [1.54, 1.807) is 13.8 Å². The number of nitrogens with zero attached hydrogens (tertiary/aromatic N) is 5. The van der Waals surface area contributed by atoms with Gasteiger partial charge in [0.05, 0.1) is 12.1 Å². The van der Waals surface area contributed by atoms with Gasteiger partial charge in [0.2, 0.25) is 0 Å². The Kier molecular flexibility index (Phi) is 2.04. The summed E-state index contributed by atoms with van der Waals surface area (Å²) in [4.78, 5) is 7.83. The lowest BCUT2D eigenvalue weighted by Crippen LogP contribution is -2.26. The van der Waals surface area contributed by atoms with Crippen LogP contribution in [0.1, 0.15) is 13.8 Å². The van der Waals surface area contributed by atoms with E-state index in [1.165, 1.54) is 11.0 Å². The van der Waals surface area contributed by atoms with Gasteiger partial charge in [0.25, 0.3) is 0 Å². The third kappa shape index (κ3) is 1.86. The van der Waals surface area contributed by atoms with Crippen LogP contribution in [-0.4, -0.2) is 35.7 Å². The van der Waals surface area contributed by atoms with Crippen LogP contribution in [-0.2, 0) is 6.54 Å². The van der Waals surface area contributed by atoms with Gasteiger partial charge in [-0.05, 0) is 13.8 Å². The second kappa shape index (κ2) is 3.13. The molecule has 0 unspecified atom stereocenters. The number of nitrogen functional groups attached to an aromatic ring is 1. The van der Waals surface area contributed by atoms with E-state index >= 15 is 0 Å². The molecule has 0 saturated carbocycles. The summed E-state index contributed by atoms with van der Waals surface area (Å²) in [6, 6.07) is 0. The highest BCUT2D eigenvalue weighted by Gasteiger charge is 2.17. The third-order valence-electron chi connectivity index (χ3n) is 1.87. The molecule has 0 aliphatic heterocycles. The lowest BCUT2D eigenvalue weighted by molar-refractivity contribution is 0.0583. The van der Waals surface area contributed by atoms with Gasteiger partial charge in [0.1, 0.15) is 6.33 Å². The van der Waals surface area contributed by atoms with Gasteiger partial charge in [0, 0.05) is 0 Å². The number of nitrogens with two attached hydrogens (primary N) is 1. The normalized spacial score (nSPS) is 12.2. The van der Waals surface area contributed by atoms with E-state index < -0.39 is 5.60 Å². The minimum absolute atomic E-state index is 0.294. The Morgan fingerprint density at radius 2 is 2.20 bits per heavy atom. The Bertz CT molecular complexity index is 485.